The van der Waals surface area contributed by atoms with Crippen LogP contribution in [-0.4, -0.2) is 22.2 Å². The molecule has 1 unspecified atom stereocenters. The Morgan fingerprint density at radius 2 is 2.17 bits per heavy atom. The predicted octanol–water partition coefficient (Wildman–Crippen LogP) is 2.37. The Labute approximate surface area is 134 Å². The maximum Gasteiger partial charge on any atom is 0.267 e. The number of aromatic nitrogens is 2. The monoisotopic (exact) mass is 315 g/mol. The van der Waals surface area contributed by atoms with Crippen molar-refractivity contribution in [3.05, 3.63) is 40.9 Å². The number of furan rings is 1. The molecule has 1 aliphatic carbocycles. The van der Waals surface area contributed by atoms with Crippen LogP contribution in [0.15, 0.2) is 39.7 Å². The molecule has 0 aromatic carbocycles. The van der Waals surface area contributed by atoms with E-state index in [1.807, 2.05) is 6.92 Å². The van der Waals surface area contributed by atoms with Gasteiger partial charge >= 0.3 is 0 Å². The van der Waals surface area contributed by atoms with Crippen molar-refractivity contribution in [1.29, 1.82) is 0 Å². The van der Waals surface area contributed by atoms with Gasteiger partial charge in [-0.25, -0.2) is 4.68 Å². The molecular formula is C17H21N3O3. The first-order valence-corrected chi connectivity index (χ1v) is 8.06. The zero-order valence-electron chi connectivity index (χ0n) is 13.2. The van der Waals surface area contributed by atoms with E-state index >= 15 is 0 Å². The Balaban J connectivity index is 1.69. The van der Waals surface area contributed by atoms with Crippen LogP contribution in [-0.2, 0) is 4.79 Å². The lowest BCUT2D eigenvalue weighted by molar-refractivity contribution is -0.124. The van der Waals surface area contributed by atoms with Gasteiger partial charge in [0.2, 0.25) is 5.91 Å². The Kier molecular flexibility index (Phi) is 4.60. The van der Waals surface area contributed by atoms with E-state index in [-0.39, 0.29) is 23.4 Å². The lowest BCUT2D eigenvalue weighted by Crippen LogP contribution is -2.37. The summed E-state index contributed by atoms with van der Waals surface area (Å²) in [5.41, 5.74) is 0.409. The van der Waals surface area contributed by atoms with Crippen LogP contribution < -0.4 is 10.9 Å². The van der Waals surface area contributed by atoms with E-state index in [0.717, 1.165) is 25.7 Å². The van der Waals surface area contributed by atoms with Crippen LogP contribution in [0.5, 0.6) is 0 Å². The molecule has 1 saturated carbocycles. The lowest BCUT2D eigenvalue weighted by Gasteiger charge is -2.17. The van der Waals surface area contributed by atoms with Crippen LogP contribution >= 0.6 is 0 Å². The highest BCUT2D eigenvalue weighted by atomic mass is 16.3. The normalized spacial score (nSPS) is 16.4. The molecule has 1 amide bonds. The van der Waals surface area contributed by atoms with Crippen LogP contribution in [0.4, 0.5) is 0 Å². The fourth-order valence-corrected chi connectivity index (χ4v) is 2.96. The minimum atomic E-state index is -0.220. The summed E-state index contributed by atoms with van der Waals surface area (Å²) in [4.78, 5) is 24.1. The number of hydrogen-bond donors (Lipinski definition) is 1. The second-order valence-corrected chi connectivity index (χ2v) is 6.05. The molecule has 0 bridgehead atoms. The zero-order chi connectivity index (χ0) is 16.2. The van der Waals surface area contributed by atoms with Gasteiger partial charge in [0.1, 0.15) is 5.69 Å². The first kappa shape index (κ1) is 15.5. The first-order valence-electron chi connectivity index (χ1n) is 8.06. The third-order valence-corrected chi connectivity index (χ3v) is 4.31. The molecule has 1 fully saturated rings. The van der Waals surface area contributed by atoms with Gasteiger partial charge in [0.15, 0.2) is 5.76 Å². The number of amides is 1. The van der Waals surface area contributed by atoms with E-state index in [2.05, 4.69) is 10.4 Å². The number of nitrogens with one attached hydrogen (secondary N) is 1. The third kappa shape index (κ3) is 3.52. The Morgan fingerprint density at radius 1 is 1.39 bits per heavy atom. The number of nitrogens with zero attached hydrogens (tertiary/aromatic N) is 2. The average molecular weight is 315 g/mol. The average Bonchev–Trinajstić information content (AvgIpc) is 3.25. The second-order valence-electron chi connectivity index (χ2n) is 6.05. The standard InChI is InChI=1S/C17H21N3O3/c1-12(11-18-17(22)13-5-2-3-6-13)20-16(21)9-8-14(19-20)15-7-4-10-23-15/h4,7-10,12-13H,2-3,5-6,11H2,1H3,(H,18,22). The van der Waals surface area contributed by atoms with E-state index in [4.69, 9.17) is 4.42 Å². The Morgan fingerprint density at radius 3 is 2.87 bits per heavy atom. The molecule has 23 heavy (non-hydrogen) atoms. The molecule has 0 aliphatic heterocycles. The molecule has 1 N–H and O–H groups in total. The van der Waals surface area contributed by atoms with E-state index in [0.29, 0.717) is 18.0 Å². The van der Waals surface area contributed by atoms with Crippen LogP contribution in [0.2, 0.25) is 0 Å². The summed E-state index contributed by atoms with van der Waals surface area (Å²) in [5.74, 6) is 0.826. The molecule has 2 heterocycles. The summed E-state index contributed by atoms with van der Waals surface area (Å²) in [5, 5.41) is 7.29. The molecule has 2 aromatic rings. The highest BCUT2D eigenvalue weighted by Crippen LogP contribution is 2.24. The summed E-state index contributed by atoms with van der Waals surface area (Å²) in [7, 11) is 0. The van der Waals surface area contributed by atoms with Gasteiger partial charge in [0.05, 0.1) is 12.3 Å². The van der Waals surface area contributed by atoms with Crippen LogP contribution in [0, 0.1) is 5.92 Å². The number of hydrogen-bond acceptors (Lipinski definition) is 4. The van der Waals surface area contributed by atoms with Gasteiger partial charge in [-0.05, 0) is 38.0 Å². The van der Waals surface area contributed by atoms with E-state index < -0.39 is 0 Å². The highest BCUT2D eigenvalue weighted by molar-refractivity contribution is 5.78. The molecule has 122 valence electrons. The molecule has 0 spiro atoms. The summed E-state index contributed by atoms with van der Waals surface area (Å²) in [6.07, 6.45) is 5.75. The number of carbonyl (C=O) groups excluding carboxylic acids is 1. The third-order valence-electron chi connectivity index (χ3n) is 4.31. The Bertz CT molecular complexity index is 715. The van der Waals surface area contributed by atoms with Gasteiger partial charge in [-0.15, -0.1) is 0 Å². The Hall–Kier alpha value is -2.37. The maximum absolute atomic E-state index is 12.1. The topological polar surface area (TPSA) is 77.1 Å². The van der Waals surface area contributed by atoms with E-state index in [9.17, 15) is 9.59 Å². The first-order chi connectivity index (χ1) is 11.1. The van der Waals surface area contributed by atoms with Crippen molar-refractivity contribution in [3.63, 3.8) is 0 Å². The van der Waals surface area contributed by atoms with Crippen LogP contribution in [0.1, 0.15) is 38.6 Å². The van der Waals surface area contributed by atoms with Crippen molar-refractivity contribution < 1.29 is 9.21 Å². The SMILES string of the molecule is CC(CNC(=O)C1CCCC1)n1nc(-c2ccco2)ccc1=O. The van der Waals surface area contributed by atoms with Gasteiger partial charge < -0.3 is 9.73 Å². The number of carbonyl (C=O) groups is 1. The molecule has 0 saturated heterocycles. The molecule has 6 heteroatoms. The minimum Gasteiger partial charge on any atom is -0.463 e. The summed E-state index contributed by atoms with van der Waals surface area (Å²) < 4.78 is 6.71. The van der Waals surface area contributed by atoms with Crippen molar-refractivity contribution in [1.82, 2.24) is 15.1 Å². The fraction of sp³-hybridized carbons (Fsp3) is 0.471. The van der Waals surface area contributed by atoms with Crippen molar-refractivity contribution in [2.75, 3.05) is 6.54 Å². The van der Waals surface area contributed by atoms with Gasteiger partial charge in [-0.2, -0.15) is 5.10 Å². The summed E-state index contributed by atoms with van der Waals surface area (Å²) in [6, 6.07) is 6.46. The molecule has 2 aromatic heterocycles. The summed E-state index contributed by atoms with van der Waals surface area (Å²) >= 11 is 0. The number of rotatable bonds is 5. The van der Waals surface area contributed by atoms with Crippen molar-refractivity contribution >= 4 is 5.91 Å². The minimum absolute atomic E-state index is 0.0876. The largest absolute Gasteiger partial charge is 0.463 e. The van der Waals surface area contributed by atoms with Crippen molar-refractivity contribution in [3.8, 4) is 11.5 Å². The smallest absolute Gasteiger partial charge is 0.267 e. The van der Waals surface area contributed by atoms with Gasteiger partial charge in [-0.1, -0.05) is 12.8 Å². The molecule has 3 rings (SSSR count). The summed E-state index contributed by atoms with van der Waals surface area (Å²) in [6.45, 7) is 2.26. The second kappa shape index (κ2) is 6.81. The molecular weight excluding hydrogens is 294 g/mol. The molecule has 6 nitrogen and oxygen atoms in total. The molecule has 1 aliphatic rings. The van der Waals surface area contributed by atoms with Crippen LogP contribution in [0.3, 0.4) is 0 Å². The van der Waals surface area contributed by atoms with Gasteiger partial charge in [0.25, 0.3) is 5.56 Å². The maximum atomic E-state index is 12.1. The quantitative estimate of drug-likeness (QED) is 0.919. The molecule has 1 atom stereocenters. The van der Waals surface area contributed by atoms with E-state index in [1.54, 1.807) is 24.5 Å². The highest BCUT2D eigenvalue weighted by Gasteiger charge is 2.23. The van der Waals surface area contributed by atoms with E-state index in [1.165, 1.54) is 10.7 Å². The lowest BCUT2D eigenvalue weighted by atomic mass is 10.1. The van der Waals surface area contributed by atoms with Gasteiger partial charge in [-0.3, -0.25) is 9.59 Å². The predicted molar refractivity (Wildman–Crippen MR) is 85.9 cm³/mol. The fourth-order valence-electron chi connectivity index (χ4n) is 2.96. The van der Waals surface area contributed by atoms with Crippen molar-refractivity contribution in [2.24, 2.45) is 5.92 Å². The van der Waals surface area contributed by atoms with Gasteiger partial charge in [0, 0.05) is 18.5 Å². The molecule has 0 radical (unpaired) electrons. The van der Waals surface area contributed by atoms with Crippen LogP contribution in [0.25, 0.3) is 11.5 Å². The zero-order valence-corrected chi connectivity index (χ0v) is 13.2. The van der Waals surface area contributed by atoms with Crippen molar-refractivity contribution in [2.45, 2.75) is 38.6 Å².